The summed E-state index contributed by atoms with van der Waals surface area (Å²) in [6.45, 7) is 2.34. The summed E-state index contributed by atoms with van der Waals surface area (Å²) in [5, 5.41) is 16.9. The molecule has 0 saturated carbocycles. The number of fused-ring (bicyclic) bond motifs is 1. The number of nitrogens with one attached hydrogen (secondary N) is 1. The van der Waals surface area contributed by atoms with Crippen LogP contribution < -0.4 is 11.1 Å². The third-order valence-corrected chi connectivity index (χ3v) is 6.69. The minimum absolute atomic E-state index is 0.153. The molecule has 1 unspecified atom stereocenters. The molecule has 2 atom stereocenters. The van der Waals surface area contributed by atoms with E-state index in [0.717, 1.165) is 31.2 Å². The van der Waals surface area contributed by atoms with Crippen LogP contribution in [0.25, 0.3) is 16.7 Å². The summed E-state index contributed by atoms with van der Waals surface area (Å²) in [4.78, 5) is 39.0. The Morgan fingerprint density at radius 1 is 1.15 bits per heavy atom. The summed E-state index contributed by atoms with van der Waals surface area (Å²) in [5.74, 6) is -1.19. The minimum atomic E-state index is -4.57. The Morgan fingerprint density at radius 3 is 2.60 bits per heavy atom. The van der Waals surface area contributed by atoms with Gasteiger partial charge >= 0.3 is 6.18 Å². The van der Waals surface area contributed by atoms with E-state index in [-0.39, 0.29) is 29.0 Å². The number of piperidine rings is 1. The fraction of sp³-hybridized carbons (Fsp3) is 0.308. The van der Waals surface area contributed by atoms with Crippen molar-refractivity contribution in [2.75, 3.05) is 24.1 Å². The van der Waals surface area contributed by atoms with Gasteiger partial charge in [0, 0.05) is 30.8 Å². The van der Waals surface area contributed by atoms with Gasteiger partial charge in [0.05, 0.1) is 16.9 Å². The van der Waals surface area contributed by atoms with E-state index in [1.807, 2.05) is 0 Å². The predicted octanol–water partition coefficient (Wildman–Crippen LogP) is 3.15. The number of aromatic nitrogens is 5. The zero-order valence-corrected chi connectivity index (χ0v) is 21.3. The van der Waals surface area contributed by atoms with Gasteiger partial charge < -0.3 is 21.1 Å². The quantitative estimate of drug-likeness (QED) is 0.340. The Bertz CT molecular complexity index is 1570. The molecule has 2 amide bonds. The lowest BCUT2D eigenvalue weighted by Gasteiger charge is -2.32. The molecular formula is C26H25F3N8O3. The highest BCUT2D eigenvalue weighted by molar-refractivity contribution is 6.04. The average Bonchev–Trinajstić information content (AvgIpc) is 3.33. The highest BCUT2D eigenvalue weighted by Crippen LogP contribution is 2.34. The van der Waals surface area contributed by atoms with Crippen LogP contribution >= 0.6 is 0 Å². The molecule has 3 aromatic heterocycles. The first-order valence-electron chi connectivity index (χ1n) is 12.4. The van der Waals surface area contributed by atoms with E-state index < -0.39 is 23.8 Å². The van der Waals surface area contributed by atoms with Gasteiger partial charge in [0.1, 0.15) is 29.3 Å². The van der Waals surface area contributed by atoms with E-state index in [0.29, 0.717) is 35.5 Å². The largest absolute Gasteiger partial charge is 0.416 e. The first kappa shape index (κ1) is 27.0. The van der Waals surface area contributed by atoms with Crippen LogP contribution in [0.3, 0.4) is 0 Å². The maximum absolute atomic E-state index is 13.0. The Labute approximate surface area is 225 Å². The predicted molar refractivity (Wildman–Crippen MR) is 139 cm³/mol. The lowest BCUT2D eigenvalue weighted by molar-refractivity contribution is -0.140. The van der Waals surface area contributed by atoms with E-state index in [2.05, 4.69) is 20.3 Å². The molecule has 4 heterocycles. The van der Waals surface area contributed by atoms with Crippen molar-refractivity contribution >= 4 is 34.5 Å². The number of nitrogens with zero attached hydrogens (tertiary/aromatic N) is 6. The number of halogens is 3. The molecule has 1 saturated heterocycles. The standard InChI is InChI=1S/C26H25F3N8O3/c1-14(38)25(40)36-10-2-3-16(12-36)20-21-22(23(30)33-13-32-21)37(35-20)18-6-4-15(5-7-18)24(39)34-19-11-17(8-9-31-19)26(27,28)29/h4-9,11,13-14,16,38H,2-3,10,12H2,1H3,(H2,30,32,33)(H,31,34,39)/t14-,16?/m1/s1. The van der Waals surface area contributed by atoms with E-state index in [1.54, 1.807) is 21.7 Å². The molecule has 0 bridgehead atoms. The Hall–Kier alpha value is -4.59. The zero-order chi connectivity index (χ0) is 28.6. The molecule has 0 spiro atoms. The van der Waals surface area contributed by atoms with E-state index >= 15 is 0 Å². The van der Waals surface area contributed by atoms with Crippen LogP contribution in [0.5, 0.6) is 0 Å². The van der Waals surface area contributed by atoms with Gasteiger partial charge in [-0.25, -0.2) is 19.6 Å². The maximum Gasteiger partial charge on any atom is 0.416 e. The molecule has 0 radical (unpaired) electrons. The van der Waals surface area contributed by atoms with Crippen LogP contribution in [0.1, 0.15) is 47.3 Å². The third-order valence-electron chi connectivity index (χ3n) is 6.69. The van der Waals surface area contributed by atoms with Crippen LogP contribution in [0.4, 0.5) is 24.8 Å². The van der Waals surface area contributed by atoms with Gasteiger partial charge in [-0.3, -0.25) is 9.59 Å². The number of likely N-dealkylation sites (tertiary alicyclic amines) is 1. The Balaban J connectivity index is 1.42. The van der Waals surface area contributed by atoms with Gasteiger partial charge in [0.25, 0.3) is 11.8 Å². The average molecular weight is 555 g/mol. The van der Waals surface area contributed by atoms with Crippen molar-refractivity contribution in [2.45, 2.75) is 38.0 Å². The first-order chi connectivity index (χ1) is 19.0. The molecular weight excluding hydrogens is 529 g/mol. The summed E-state index contributed by atoms with van der Waals surface area (Å²) >= 11 is 0. The number of amides is 2. The molecule has 0 aliphatic carbocycles. The lowest BCUT2D eigenvalue weighted by atomic mass is 9.94. The topological polar surface area (TPSA) is 152 Å². The number of aliphatic hydroxyl groups is 1. The fourth-order valence-electron chi connectivity index (χ4n) is 4.74. The molecule has 1 aromatic carbocycles. The Kier molecular flexibility index (Phi) is 7.10. The highest BCUT2D eigenvalue weighted by Gasteiger charge is 2.32. The second-order valence-corrected chi connectivity index (χ2v) is 9.48. The van der Waals surface area contributed by atoms with Gasteiger partial charge in [-0.2, -0.15) is 18.3 Å². The lowest BCUT2D eigenvalue weighted by Crippen LogP contribution is -2.43. The van der Waals surface area contributed by atoms with E-state index in [4.69, 9.17) is 10.8 Å². The normalized spacial score (nSPS) is 16.6. The summed E-state index contributed by atoms with van der Waals surface area (Å²) < 4.78 is 40.5. The monoisotopic (exact) mass is 554 g/mol. The first-order valence-corrected chi connectivity index (χ1v) is 12.4. The van der Waals surface area contributed by atoms with Gasteiger partial charge in [-0.15, -0.1) is 0 Å². The van der Waals surface area contributed by atoms with Crippen molar-refractivity contribution in [3.8, 4) is 5.69 Å². The number of aliphatic hydroxyl groups excluding tert-OH is 1. The molecule has 5 rings (SSSR count). The molecule has 40 heavy (non-hydrogen) atoms. The van der Waals surface area contributed by atoms with Crippen LogP contribution in [0.2, 0.25) is 0 Å². The fourth-order valence-corrected chi connectivity index (χ4v) is 4.74. The number of alkyl halides is 3. The van der Waals surface area contributed by atoms with Crippen molar-refractivity contribution in [2.24, 2.45) is 0 Å². The summed E-state index contributed by atoms with van der Waals surface area (Å²) in [5.41, 5.74) is 7.62. The van der Waals surface area contributed by atoms with Crippen LogP contribution in [-0.2, 0) is 11.0 Å². The molecule has 4 N–H and O–H groups in total. The number of nitrogens with two attached hydrogens (primary N) is 1. The van der Waals surface area contributed by atoms with Crippen LogP contribution in [0.15, 0.2) is 48.9 Å². The molecule has 4 aromatic rings. The molecule has 1 aliphatic rings. The molecule has 1 fully saturated rings. The summed E-state index contributed by atoms with van der Waals surface area (Å²) in [6.07, 6.45) is -1.88. The minimum Gasteiger partial charge on any atom is -0.384 e. The second kappa shape index (κ2) is 10.5. The van der Waals surface area contributed by atoms with Crippen molar-refractivity contribution in [1.29, 1.82) is 0 Å². The van der Waals surface area contributed by atoms with Gasteiger partial charge in [-0.05, 0) is 56.2 Å². The van der Waals surface area contributed by atoms with E-state index in [9.17, 15) is 27.9 Å². The zero-order valence-electron chi connectivity index (χ0n) is 21.3. The molecule has 208 valence electrons. The number of nitrogen functional groups attached to an aromatic ring is 1. The van der Waals surface area contributed by atoms with Crippen molar-refractivity contribution < 1.29 is 27.9 Å². The number of rotatable bonds is 5. The summed E-state index contributed by atoms with van der Waals surface area (Å²) in [7, 11) is 0. The number of pyridine rings is 1. The molecule has 11 nitrogen and oxygen atoms in total. The highest BCUT2D eigenvalue weighted by atomic mass is 19.4. The summed E-state index contributed by atoms with van der Waals surface area (Å²) in [6, 6.07) is 7.79. The molecule has 1 aliphatic heterocycles. The van der Waals surface area contributed by atoms with Gasteiger partial charge in [0.15, 0.2) is 5.82 Å². The van der Waals surface area contributed by atoms with Gasteiger partial charge in [-0.1, -0.05) is 0 Å². The number of carbonyl (C=O) groups excluding carboxylic acids is 2. The maximum atomic E-state index is 13.0. The van der Waals surface area contributed by atoms with Gasteiger partial charge in [0.2, 0.25) is 0 Å². The number of benzene rings is 1. The number of hydrogen-bond donors (Lipinski definition) is 3. The van der Waals surface area contributed by atoms with Crippen molar-refractivity contribution in [3.63, 3.8) is 0 Å². The SMILES string of the molecule is C[C@@H](O)C(=O)N1CCCC(c2nn(-c3ccc(C(=O)Nc4cc(C(F)(F)F)ccn4)cc3)c3c(N)ncnc23)C1. The van der Waals surface area contributed by atoms with Crippen molar-refractivity contribution in [3.05, 3.63) is 65.7 Å². The number of hydrogen-bond acceptors (Lipinski definition) is 8. The molecule has 14 heteroatoms. The Morgan fingerprint density at radius 2 is 1.90 bits per heavy atom. The third kappa shape index (κ3) is 5.30. The second-order valence-electron chi connectivity index (χ2n) is 9.48. The van der Waals surface area contributed by atoms with Crippen LogP contribution in [0, 0.1) is 0 Å². The van der Waals surface area contributed by atoms with Crippen molar-refractivity contribution in [1.82, 2.24) is 29.6 Å². The van der Waals surface area contributed by atoms with E-state index in [1.165, 1.54) is 25.4 Å². The number of anilines is 2. The van der Waals surface area contributed by atoms with Crippen LogP contribution in [-0.4, -0.2) is 65.7 Å². The number of carbonyl (C=O) groups is 2. The smallest absolute Gasteiger partial charge is 0.384 e.